The Labute approximate surface area is 124 Å². The van der Waals surface area contributed by atoms with Crippen molar-refractivity contribution in [1.82, 2.24) is 5.32 Å². The van der Waals surface area contributed by atoms with Crippen LogP contribution in [0.1, 0.15) is 24.1 Å². The smallest absolute Gasteiger partial charge is 0.319 e. The van der Waals surface area contributed by atoms with Crippen molar-refractivity contribution in [2.24, 2.45) is 0 Å². The summed E-state index contributed by atoms with van der Waals surface area (Å²) in [6.07, 6.45) is 0. The van der Waals surface area contributed by atoms with Gasteiger partial charge in [-0.05, 0) is 37.6 Å². The van der Waals surface area contributed by atoms with Crippen LogP contribution in [-0.2, 0) is 0 Å². The first kappa shape index (κ1) is 14.4. The van der Waals surface area contributed by atoms with Gasteiger partial charge >= 0.3 is 6.03 Å². The maximum absolute atomic E-state index is 11.9. The van der Waals surface area contributed by atoms with Crippen LogP contribution in [0.25, 0.3) is 0 Å². The Bertz CT molecular complexity index is 596. The van der Waals surface area contributed by atoms with Gasteiger partial charge < -0.3 is 10.6 Å². The molecule has 0 aliphatic rings. The van der Waals surface area contributed by atoms with Crippen molar-refractivity contribution < 1.29 is 4.79 Å². The minimum absolute atomic E-state index is 0.0604. The fourth-order valence-electron chi connectivity index (χ4n) is 1.87. The summed E-state index contributed by atoms with van der Waals surface area (Å²) in [4.78, 5) is 11.9. The maximum Gasteiger partial charge on any atom is 0.319 e. The van der Waals surface area contributed by atoms with E-state index in [1.54, 1.807) is 24.3 Å². The van der Waals surface area contributed by atoms with Crippen LogP contribution in [0.2, 0.25) is 5.02 Å². The fraction of sp³-hybridized carbons (Fsp3) is 0.188. The number of aryl methyl sites for hydroxylation is 1. The molecule has 0 aromatic heterocycles. The molecule has 0 spiro atoms. The SMILES string of the molecule is Cc1ccc([C@H](C)NC(=O)Nc2cccc(Cl)c2)cc1. The van der Waals surface area contributed by atoms with E-state index in [9.17, 15) is 4.79 Å². The van der Waals surface area contributed by atoms with Crippen LogP contribution in [0.15, 0.2) is 48.5 Å². The maximum atomic E-state index is 11.9. The van der Waals surface area contributed by atoms with Gasteiger partial charge in [-0.2, -0.15) is 0 Å². The zero-order chi connectivity index (χ0) is 14.5. The van der Waals surface area contributed by atoms with E-state index in [4.69, 9.17) is 11.6 Å². The van der Waals surface area contributed by atoms with Gasteiger partial charge in [0.1, 0.15) is 0 Å². The second kappa shape index (κ2) is 6.44. The first-order chi connectivity index (χ1) is 9.54. The molecule has 2 amide bonds. The van der Waals surface area contributed by atoms with Crippen molar-refractivity contribution in [3.63, 3.8) is 0 Å². The van der Waals surface area contributed by atoms with Crippen LogP contribution in [0.4, 0.5) is 10.5 Å². The van der Waals surface area contributed by atoms with Gasteiger partial charge in [0.2, 0.25) is 0 Å². The highest BCUT2D eigenvalue weighted by Crippen LogP contribution is 2.16. The number of rotatable bonds is 3. The van der Waals surface area contributed by atoms with E-state index < -0.39 is 0 Å². The van der Waals surface area contributed by atoms with Gasteiger partial charge in [-0.15, -0.1) is 0 Å². The van der Waals surface area contributed by atoms with Crippen molar-refractivity contribution in [2.45, 2.75) is 19.9 Å². The highest BCUT2D eigenvalue weighted by atomic mass is 35.5. The third-order valence-electron chi connectivity index (χ3n) is 3.01. The first-order valence-electron chi connectivity index (χ1n) is 6.44. The molecule has 0 saturated carbocycles. The van der Waals surface area contributed by atoms with E-state index in [-0.39, 0.29) is 12.1 Å². The Morgan fingerprint density at radius 2 is 1.85 bits per heavy atom. The molecule has 0 radical (unpaired) electrons. The van der Waals surface area contributed by atoms with Crippen LogP contribution in [0.5, 0.6) is 0 Å². The summed E-state index contributed by atoms with van der Waals surface area (Å²) in [6, 6.07) is 14.8. The Hall–Kier alpha value is -2.00. The van der Waals surface area contributed by atoms with Crippen LogP contribution in [0, 0.1) is 6.92 Å². The molecule has 0 heterocycles. The average molecular weight is 289 g/mol. The molecule has 0 aliphatic carbocycles. The number of benzene rings is 2. The normalized spacial score (nSPS) is 11.8. The largest absolute Gasteiger partial charge is 0.331 e. The molecule has 2 aromatic carbocycles. The molecule has 0 aliphatic heterocycles. The fourth-order valence-corrected chi connectivity index (χ4v) is 2.06. The van der Waals surface area contributed by atoms with Gasteiger partial charge in [0.05, 0.1) is 6.04 Å². The van der Waals surface area contributed by atoms with Gasteiger partial charge in [-0.3, -0.25) is 0 Å². The van der Waals surface area contributed by atoms with Gasteiger partial charge in [0.25, 0.3) is 0 Å². The number of hydrogen-bond donors (Lipinski definition) is 2. The van der Waals surface area contributed by atoms with Crippen molar-refractivity contribution >= 4 is 23.3 Å². The average Bonchev–Trinajstić information content (AvgIpc) is 2.39. The predicted molar refractivity (Wildman–Crippen MR) is 83.2 cm³/mol. The van der Waals surface area contributed by atoms with Crippen LogP contribution in [-0.4, -0.2) is 6.03 Å². The van der Waals surface area contributed by atoms with E-state index in [1.165, 1.54) is 5.56 Å². The zero-order valence-corrected chi connectivity index (χ0v) is 12.2. The van der Waals surface area contributed by atoms with E-state index in [0.29, 0.717) is 10.7 Å². The Morgan fingerprint density at radius 1 is 1.15 bits per heavy atom. The van der Waals surface area contributed by atoms with E-state index in [1.807, 2.05) is 38.1 Å². The topological polar surface area (TPSA) is 41.1 Å². The van der Waals surface area contributed by atoms with E-state index in [0.717, 1.165) is 5.56 Å². The van der Waals surface area contributed by atoms with E-state index >= 15 is 0 Å². The Morgan fingerprint density at radius 3 is 2.50 bits per heavy atom. The molecule has 0 fully saturated rings. The quantitative estimate of drug-likeness (QED) is 0.856. The van der Waals surface area contributed by atoms with Crippen LogP contribution >= 0.6 is 11.6 Å². The summed E-state index contributed by atoms with van der Waals surface area (Å²) in [5.74, 6) is 0. The molecule has 0 saturated heterocycles. The molecule has 104 valence electrons. The van der Waals surface area contributed by atoms with Crippen molar-refractivity contribution in [2.75, 3.05) is 5.32 Å². The standard InChI is InChI=1S/C16H17ClN2O/c1-11-6-8-13(9-7-11)12(2)18-16(20)19-15-5-3-4-14(17)10-15/h3-10,12H,1-2H3,(H2,18,19,20)/t12-/m0/s1. The lowest BCUT2D eigenvalue weighted by Gasteiger charge is -2.15. The second-order valence-electron chi connectivity index (χ2n) is 4.74. The van der Waals surface area contributed by atoms with Gasteiger partial charge in [-0.1, -0.05) is 47.5 Å². The first-order valence-corrected chi connectivity index (χ1v) is 6.82. The number of amides is 2. The molecule has 2 aromatic rings. The number of nitrogens with one attached hydrogen (secondary N) is 2. The van der Waals surface area contributed by atoms with Crippen LogP contribution < -0.4 is 10.6 Å². The second-order valence-corrected chi connectivity index (χ2v) is 5.18. The molecule has 4 heteroatoms. The lowest BCUT2D eigenvalue weighted by Crippen LogP contribution is -2.31. The highest BCUT2D eigenvalue weighted by molar-refractivity contribution is 6.30. The minimum Gasteiger partial charge on any atom is -0.331 e. The number of carbonyl (C=O) groups is 1. The zero-order valence-electron chi connectivity index (χ0n) is 11.5. The molecule has 1 atom stereocenters. The summed E-state index contributed by atoms with van der Waals surface area (Å²) in [7, 11) is 0. The summed E-state index contributed by atoms with van der Waals surface area (Å²) in [6.45, 7) is 3.98. The van der Waals surface area contributed by atoms with Crippen molar-refractivity contribution in [3.8, 4) is 0 Å². The summed E-state index contributed by atoms with van der Waals surface area (Å²) in [5, 5.41) is 6.24. The third kappa shape index (κ3) is 4.00. The van der Waals surface area contributed by atoms with E-state index in [2.05, 4.69) is 10.6 Å². The lowest BCUT2D eigenvalue weighted by atomic mass is 10.1. The predicted octanol–water partition coefficient (Wildman–Crippen LogP) is 4.53. The molecular weight excluding hydrogens is 272 g/mol. The summed E-state index contributed by atoms with van der Waals surface area (Å²) in [5.41, 5.74) is 2.94. The van der Waals surface area contributed by atoms with Crippen molar-refractivity contribution in [1.29, 1.82) is 0 Å². The number of anilines is 1. The molecule has 2 N–H and O–H groups in total. The molecule has 0 unspecified atom stereocenters. The van der Waals surface area contributed by atoms with Gasteiger partial charge in [-0.25, -0.2) is 4.79 Å². The number of carbonyl (C=O) groups excluding carboxylic acids is 1. The number of halogens is 1. The highest BCUT2D eigenvalue weighted by Gasteiger charge is 2.09. The molecular formula is C16H17ClN2O. The minimum atomic E-state index is -0.250. The number of urea groups is 1. The number of hydrogen-bond acceptors (Lipinski definition) is 1. The lowest BCUT2D eigenvalue weighted by molar-refractivity contribution is 0.249. The van der Waals surface area contributed by atoms with Gasteiger partial charge in [0, 0.05) is 10.7 Å². The van der Waals surface area contributed by atoms with Crippen molar-refractivity contribution in [3.05, 3.63) is 64.7 Å². The monoisotopic (exact) mass is 288 g/mol. The third-order valence-corrected chi connectivity index (χ3v) is 3.24. The molecule has 0 bridgehead atoms. The molecule has 3 nitrogen and oxygen atoms in total. The Balaban J connectivity index is 1.95. The molecule has 2 rings (SSSR count). The summed E-state index contributed by atoms with van der Waals surface area (Å²) < 4.78 is 0. The van der Waals surface area contributed by atoms with Crippen LogP contribution in [0.3, 0.4) is 0 Å². The molecule has 20 heavy (non-hydrogen) atoms. The van der Waals surface area contributed by atoms with Gasteiger partial charge in [0.15, 0.2) is 0 Å². The summed E-state index contributed by atoms with van der Waals surface area (Å²) >= 11 is 5.87. The Kier molecular flexibility index (Phi) is 4.64.